The number of halogens is 2. The van der Waals surface area contributed by atoms with Gasteiger partial charge in [0.2, 0.25) is 0 Å². The highest BCUT2D eigenvalue weighted by atomic mass is 35.5. The van der Waals surface area contributed by atoms with Crippen molar-refractivity contribution in [2.45, 2.75) is 31.8 Å². The minimum absolute atomic E-state index is 0.0446. The molecule has 7 heteroatoms. The third-order valence-corrected chi connectivity index (χ3v) is 6.89. The SMILES string of the molecule is Cc1cc2c(cc1Cl)C(=O)CC1(CCN(C(=O)c3cc4cccc(Cl)c4[nH]3)CC1)O2. The second-order valence-electron chi connectivity index (χ2n) is 8.16. The van der Waals surface area contributed by atoms with Crippen LogP contribution in [-0.2, 0) is 0 Å². The molecule has 2 aromatic carbocycles. The Bertz CT molecular complexity index is 1190. The van der Waals surface area contributed by atoms with Crippen LogP contribution in [0.2, 0.25) is 10.0 Å². The maximum absolute atomic E-state index is 13.0. The van der Waals surface area contributed by atoms with Crippen LogP contribution in [0.25, 0.3) is 10.9 Å². The summed E-state index contributed by atoms with van der Waals surface area (Å²) in [5.74, 6) is 0.573. The number of benzene rings is 2. The fraction of sp³-hybridized carbons (Fsp3) is 0.304. The molecule has 2 aliphatic heterocycles. The van der Waals surface area contributed by atoms with Crippen LogP contribution in [0.3, 0.4) is 0 Å². The van der Waals surface area contributed by atoms with Gasteiger partial charge in [0.05, 0.1) is 22.5 Å². The lowest BCUT2D eigenvalue weighted by atomic mass is 9.82. The normalized spacial score (nSPS) is 17.8. The van der Waals surface area contributed by atoms with Crippen LogP contribution in [0.15, 0.2) is 36.4 Å². The van der Waals surface area contributed by atoms with Gasteiger partial charge in [-0.15, -0.1) is 0 Å². The molecule has 30 heavy (non-hydrogen) atoms. The lowest BCUT2D eigenvalue weighted by molar-refractivity contribution is -0.00585. The lowest BCUT2D eigenvalue weighted by Gasteiger charge is -2.44. The molecule has 0 aliphatic carbocycles. The molecule has 0 saturated carbocycles. The number of hydrogen-bond acceptors (Lipinski definition) is 3. The summed E-state index contributed by atoms with van der Waals surface area (Å²) in [6, 6.07) is 10.9. The number of likely N-dealkylation sites (tertiary alicyclic amines) is 1. The molecule has 0 unspecified atom stereocenters. The van der Waals surface area contributed by atoms with E-state index in [-0.39, 0.29) is 11.7 Å². The molecule has 3 aromatic rings. The number of carbonyl (C=O) groups is 2. The number of hydrogen-bond donors (Lipinski definition) is 1. The molecule has 0 radical (unpaired) electrons. The third kappa shape index (κ3) is 3.17. The number of carbonyl (C=O) groups excluding carboxylic acids is 2. The highest BCUT2D eigenvalue weighted by Crippen LogP contribution is 2.41. The average Bonchev–Trinajstić information content (AvgIpc) is 3.16. The van der Waals surface area contributed by atoms with Crippen molar-refractivity contribution in [2.75, 3.05) is 13.1 Å². The van der Waals surface area contributed by atoms with Crippen molar-refractivity contribution in [3.8, 4) is 5.75 Å². The van der Waals surface area contributed by atoms with Gasteiger partial charge in [0.15, 0.2) is 5.78 Å². The van der Waals surface area contributed by atoms with E-state index in [1.165, 1.54) is 0 Å². The van der Waals surface area contributed by atoms with Crippen molar-refractivity contribution in [2.24, 2.45) is 0 Å². The number of ether oxygens (including phenoxy) is 1. The molecule has 1 fully saturated rings. The van der Waals surface area contributed by atoms with E-state index in [2.05, 4.69) is 4.98 Å². The maximum atomic E-state index is 13.0. The molecule has 1 saturated heterocycles. The standard InChI is InChI=1S/C23H20Cl2N2O3/c1-13-9-20-15(11-17(13)25)19(28)12-23(30-20)5-7-27(8-6-23)22(29)18-10-14-3-2-4-16(24)21(14)26-18/h2-4,9-11,26H,5-8,12H2,1H3. The number of H-pyrrole nitrogens is 1. The highest BCUT2D eigenvalue weighted by Gasteiger charge is 2.44. The van der Waals surface area contributed by atoms with Crippen LogP contribution >= 0.6 is 23.2 Å². The smallest absolute Gasteiger partial charge is 0.270 e. The summed E-state index contributed by atoms with van der Waals surface area (Å²) >= 11 is 12.4. The Kier molecular flexibility index (Phi) is 4.56. The number of fused-ring (bicyclic) bond motifs is 2. The summed E-state index contributed by atoms with van der Waals surface area (Å²) in [6.07, 6.45) is 1.52. The van der Waals surface area contributed by atoms with Gasteiger partial charge in [-0.1, -0.05) is 35.3 Å². The first kappa shape index (κ1) is 19.5. The van der Waals surface area contributed by atoms with Gasteiger partial charge in [0, 0.05) is 36.3 Å². The minimum atomic E-state index is -0.565. The summed E-state index contributed by atoms with van der Waals surface area (Å²) < 4.78 is 6.32. The van der Waals surface area contributed by atoms with Gasteiger partial charge in [-0.2, -0.15) is 0 Å². The van der Waals surface area contributed by atoms with Crippen LogP contribution in [0.1, 0.15) is 45.7 Å². The number of Topliss-reactive ketones (excluding diaryl/α,β-unsaturated/α-hetero) is 1. The number of ketones is 1. The highest BCUT2D eigenvalue weighted by molar-refractivity contribution is 6.35. The van der Waals surface area contributed by atoms with Crippen LogP contribution in [0.4, 0.5) is 0 Å². The van der Waals surface area contributed by atoms with E-state index in [0.717, 1.165) is 16.5 Å². The monoisotopic (exact) mass is 442 g/mol. The molecular weight excluding hydrogens is 423 g/mol. The van der Waals surface area contributed by atoms with Crippen LogP contribution in [0, 0.1) is 6.92 Å². The van der Waals surface area contributed by atoms with E-state index >= 15 is 0 Å². The summed E-state index contributed by atoms with van der Waals surface area (Å²) in [5, 5.41) is 2.07. The predicted octanol–water partition coefficient (Wildman–Crippen LogP) is 5.42. The number of amides is 1. The predicted molar refractivity (Wildman–Crippen MR) is 117 cm³/mol. The summed E-state index contributed by atoms with van der Waals surface area (Å²) in [5.41, 5.74) is 2.15. The molecule has 1 N–H and O–H groups in total. The van der Waals surface area contributed by atoms with Crippen molar-refractivity contribution < 1.29 is 14.3 Å². The van der Waals surface area contributed by atoms with E-state index in [9.17, 15) is 9.59 Å². The van der Waals surface area contributed by atoms with Crippen molar-refractivity contribution in [1.82, 2.24) is 9.88 Å². The first-order valence-electron chi connectivity index (χ1n) is 9.94. The Morgan fingerprint density at radius 1 is 1.13 bits per heavy atom. The number of nitrogens with one attached hydrogen (secondary N) is 1. The Hall–Kier alpha value is -2.50. The van der Waals surface area contributed by atoms with Crippen molar-refractivity contribution in [3.05, 3.63) is 63.3 Å². The minimum Gasteiger partial charge on any atom is -0.486 e. The summed E-state index contributed by atoms with van der Waals surface area (Å²) in [6.45, 7) is 2.94. The topological polar surface area (TPSA) is 62.4 Å². The Morgan fingerprint density at radius 3 is 2.63 bits per heavy atom. The van der Waals surface area contributed by atoms with Crippen LogP contribution in [-0.4, -0.2) is 40.3 Å². The number of rotatable bonds is 1. The number of aryl methyl sites for hydroxylation is 1. The number of aromatic nitrogens is 1. The molecule has 0 bridgehead atoms. The Morgan fingerprint density at radius 2 is 1.90 bits per heavy atom. The van der Waals surface area contributed by atoms with Gasteiger partial charge in [-0.25, -0.2) is 0 Å². The fourth-order valence-electron chi connectivity index (χ4n) is 4.42. The largest absolute Gasteiger partial charge is 0.486 e. The molecule has 0 atom stereocenters. The van der Waals surface area contributed by atoms with Crippen molar-refractivity contribution >= 4 is 45.8 Å². The molecular formula is C23H20Cl2N2O3. The Balaban J connectivity index is 1.34. The second kappa shape index (κ2) is 7.03. The van der Waals surface area contributed by atoms with E-state index in [4.69, 9.17) is 27.9 Å². The van der Waals surface area contributed by atoms with E-state index in [0.29, 0.717) is 59.4 Å². The molecule has 5 rings (SSSR count). The van der Waals surface area contributed by atoms with Gasteiger partial charge in [-0.05, 0) is 36.8 Å². The Labute approximate surface area is 183 Å². The van der Waals surface area contributed by atoms with Gasteiger partial charge >= 0.3 is 0 Å². The molecule has 2 aliphatic rings. The van der Waals surface area contributed by atoms with E-state index < -0.39 is 5.60 Å². The number of piperidine rings is 1. The first-order valence-corrected chi connectivity index (χ1v) is 10.7. The molecule has 3 heterocycles. The first-order chi connectivity index (χ1) is 14.3. The number of aromatic amines is 1. The molecule has 5 nitrogen and oxygen atoms in total. The fourth-order valence-corrected chi connectivity index (χ4v) is 4.81. The number of para-hydroxylation sites is 1. The average molecular weight is 443 g/mol. The third-order valence-electron chi connectivity index (χ3n) is 6.17. The van der Waals surface area contributed by atoms with Crippen LogP contribution in [0.5, 0.6) is 5.75 Å². The van der Waals surface area contributed by atoms with Crippen LogP contribution < -0.4 is 4.74 Å². The maximum Gasteiger partial charge on any atom is 0.270 e. The zero-order chi connectivity index (χ0) is 21.0. The quantitative estimate of drug-likeness (QED) is 0.546. The van der Waals surface area contributed by atoms with Gasteiger partial charge in [0.25, 0.3) is 5.91 Å². The number of nitrogens with zero attached hydrogens (tertiary/aromatic N) is 1. The van der Waals surface area contributed by atoms with Gasteiger partial charge < -0.3 is 14.6 Å². The van der Waals surface area contributed by atoms with Crippen molar-refractivity contribution in [3.63, 3.8) is 0 Å². The lowest BCUT2D eigenvalue weighted by Crippen LogP contribution is -2.52. The van der Waals surface area contributed by atoms with E-state index in [1.807, 2.05) is 31.2 Å². The molecule has 1 amide bonds. The van der Waals surface area contributed by atoms with Gasteiger partial charge in [0.1, 0.15) is 17.0 Å². The van der Waals surface area contributed by atoms with Crippen molar-refractivity contribution in [1.29, 1.82) is 0 Å². The summed E-state index contributed by atoms with van der Waals surface area (Å²) in [7, 11) is 0. The second-order valence-corrected chi connectivity index (χ2v) is 8.98. The zero-order valence-electron chi connectivity index (χ0n) is 16.4. The van der Waals surface area contributed by atoms with E-state index in [1.54, 1.807) is 17.0 Å². The molecule has 154 valence electrons. The molecule has 1 spiro atoms. The summed E-state index contributed by atoms with van der Waals surface area (Å²) in [4.78, 5) is 30.7. The molecule has 1 aromatic heterocycles. The van der Waals surface area contributed by atoms with Gasteiger partial charge in [-0.3, -0.25) is 9.59 Å². The zero-order valence-corrected chi connectivity index (χ0v) is 17.9.